The summed E-state index contributed by atoms with van der Waals surface area (Å²) in [5, 5.41) is 4.39. The number of aromatic nitrogens is 3. The highest BCUT2D eigenvalue weighted by Gasteiger charge is 2.19. The molecule has 2 aromatic heterocycles. The molecule has 0 radical (unpaired) electrons. The molecule has 0 saturated carbocycles. The van der Waals surface area contributed by atoms with E-state index in [0.29, 0.717) is 38.1 Å². The van der Waals surface area contributed by atoms with Crippen LogP contribution in [0.3, 0.4) is 0 Å². The molecule has 8 heteroatoms. The van der Waals surface area contributed by atoms with E-state index in [0.717, 1.165) is 35.7 Å². The molecule has 32 heavy (non-hydrogen) atoms. The number of nitrogens with zero attached hydrogens (tertiary/aromatic N) is 5. The summed E-state index contributed by atoms with van der Waals surface area (Å²) in [5.74, 6) is 1.46. The maximum Gasteiger partial charge on any atom is 0.320 e. The van der Waals surface area contributed by atoms with E-state index >= 15 is 0 Å². The van der Waals surface area contributed by atoms with Crippen LogP contribution in [0.5, 0.6) is 6.01 Å². The molecular weight excluding hydrogens is 404 g/mol. The molecule has 1 aromatic carbocycles. The van der Waals surface area contributed by atoms with Crippen LogP contribution in [0.25, 0.3) is 0 Å². The monoisotopic (exact) mass is 432 g/mol. The zero-order chi connectivity index (χ0) is 22.2. The summed E-state index contributed by atoms with van der Waals surface area (Å²) >= 11 is 0. The van der Waals surface area contributed by atoms with E-state index in [-0.39, 0.29) is 0 Å². The first-order chi connectivity index (χ1) is 15.7. The molecule has 0 amide bonds. The molecule has 166 valence electrons. The van der Waals surface area contributed by atoms with Gasteiger partial charge in [0.1, 0.15) is 5.82 Å². The molecule has 3 heterocycles. The lowest BCUT2D eigenvalue weighted by molar-refractivity contribution is 0.122. The van der Waals surface area contributed by atoms with Gasteiger partial charge in [0.25, 0.3) is 0 Å². The minimum absolute atomic E-state index is 0.321. The molecule has 1 saturated heterocycles. The number of nitrogens with one attached hydrogen (secondary N) is 1. The number of hydrogen-bond donors (Lipinski definition) is 1. The standard InChI is InChI=1S/C24H28N6O2/c1-18-6-5-7-20(16-18)17-26-29-22-19(2)23(30-11-14-31-15-12-30)28-24(27-22)32-13-9-21-8-3-4-10-25-21/h3-8,10,16-17H,9,11-15H2,1-2H3,(H,27,28,29)/b26-17+. The minimum atomic E-state index is 0.321. The normalized spacial score (nSPS) is 14.0. The van der Waals surface area contributed by atoms with Crippen LogP contribution >= 0.6 is 0 Å². The Bertz CT molecular complexity index is 1050. The number of ether oxygens (including phenoxy) is 2. The van der Waals surface area contributed by atoms with Gasteiger partial charge in [0, 0.05) is 37.0 Å². The van der Waals surface area contributed by atoms with E-state index in [1.807, 2.05) is 37.3 Å². The van der Waals surface area contributed by atoms with E-state index in [4.69, 9.17) is 14.5 Å². The SMILES string of the molecule is Cc1cccc(/C=N/Nc2nc(OCCc3ccccn3)nc(N3CCOCC3)c2C)c1. The molecule has 1 N–H and O–H groups in total. The number of benzene rings is 1. The van der Waals surface area contributed by atoms with Gasteiger partial charge in [-0.1, -0.05) is 35.9 Å². The molecular formula is C24H28N6O2. The molecule has 4 rings (SSSR count). The van der Waals surface area contributed by atoms with Crippen LogP contribution in [0, 0.1) is 13.8 Å². The molecule has 0 atom stereocenters. The van der Waals surface area contributed by atoms with Gasteiger partial charge in [0.2, 0.25) is 0 Å². The van der Waals surface area contributed by atoms with Crippen LogP contribution in [0.15, 0.2) is 53.8 Å². The number of rotatable bonds is 8. The van der Waals surface area contributed by atoms with E-state index < -0.39 is 0 Å². The van der Waals surface area contributed by atoms with E-state index in [2.05, 4.69) is 44.5 Å². The fourth-order valence-corrected chi connectivity index (χ4v) is 3.45. The van der Waals surface area contributed by atoms with E-state index in [9.17, 15) is 0 Å². The molecule has 0 aliphatic carbocycles. The Morgan fingerprint density at radius 3 is 2.78 bits per heavy atom. The summed E-state index contributed by atoms with van der Waals surface area (Å²) in [4.78, 5) is 15.8. The number of hydrazone groups is 1. The maximum absolute atomic E-state index is 5.91. The Morgan fingerprint density at radius 2 is 2.00 bits per heavy atom. The van der Waals surface area contributed by atoms with Crippen molar-refractivity contribution in [2.24, 2.45) is 5.10 Å². The van der Waals surface area contributed by atoms with Gasteiger partial charge in [0.05, 0.1) is 26.0 Å². The summed E-state index contributed by atoms with van der Waals surface area (Å²) in [5.41, 5.74) is 7.17. The van der Waals surface area contributed by atoms with Gasteiger partial charge in [0.15, 0.2) is 5.82 Å². The Hall–Kier alpha value is -3.52. The van der Waals surface area contributed by atoms with Crippen LogP contribution in [0.1, 0.15) is 22.4 Å². The number of morpholine rings is 1. The minimum Gasteiger partial charge on any atom is -0.463 e. The highest BCUT2D eigenvalue weighted by molar-refractivity contribution is 5.80. The van der Waals surface area contributed by atoms with Gasteiger partial charge in [-0.05, 0) is 31.5 Å². The second-order valence-electron chi connectivity index (χ2n) is 7.61. The second-order valence-corrected chi connectivity index (χ2v) is 7.61. The third-order valence-electron chi connectivity index (χ3n) is 5.15. The molecule has 1 fully saturated rings. The largest absolute Gasteiger partial charge is 0.463 e. The lowest BCUT2D eigenvalue weighted by Gasteiger charge is -2.29. The van der Waals surface area contributed by atoms with Crippen LogP contribution in [-0.2, 0) is 11.2 Å². The Balaban J connectivity index is 1.52. The lowest BCUT2D eigenvalue weighted by Crippen LogP contribution is -2.37. The highest BCUT2D eigenvalue weighted by atomic mass is 16.5. The predicted molar refractivity (Wildman–Crippen MR) is 126 cm³/mol. The van der Waals surface area contributed by atoms with Crippen molar-refractivity contribution in [3.63, 3.8) is 0 Å². The Labute approximate surface area is 188 Å². The van der Waals surface area contributed by atoms with Crippen LogP contribution < -0.4 is 15.1 Å². The van der Waals surface area contributed by atoms with Gasteiger partial charge in [-0.2, -0.15) is 15.1 Å². The van der Waals surface area contributed by atoms with Crippen molar-refractivity contribution in [2.75, 3.05) is 43.2 Å². The topological polar surface area (TPSA) is 84.8 Å². The summed E-state index contributed by atoms with van der Waals surface area (Å²) < 4.78 is 11.4. The third-order valence-corrected chi connectivity index (χ3v) is 5.15. The van der Waals surface area contributed by atoms with Crippen molar-refractivity contribution >= 4 is 17.9 Å². The fraction of sp³-hybridized carbons (Fsp3) is 0.333. The number of anilines is 2. The van der Waals surface area contributed by atoms with Crippen molar-refractivity contribution in [1.82, 2.24) is 15.0 Å². The Morgan fingerprint density at radius 1 is 1.12 bits per heavy atom. The highest BCUT2D eigenvalue weighted by Crippen LogP contribution is 2.27. The molecule has 1 aliphatic rings. The first-order valence-electron chi connectivity index (χ1n) is 10.8. The van der Waals surface area contributed by atoms with Gasteiger partial charge >= 0.3 is 6.01 Å². The van der Waals surface area contributed by atoms with Crippen molar-refractivity contribution in [3.05, 3.63) is 71.0 Å². The van der Waals surface area contributed by atoms with Gasteiger partial charge in [-0.15, -0.1) is 0 Å². The summed E-state index contributed by atoms with van der Waals surface area (Å²) in [6.07, 6.45) is 4.24. The molecule has 8 nitrogen and oxygen atoms in total. The second kappa shape index (κ2) is 10.7. The summed E-state index contributed by atoms with van der Waals surface area (Å²) in [7, 11) is 0. The number of aryl methyl sites for hydroxylation is 1. The van der Waals surface area contributed by atoms with Gasteiger partial charge < -0.3 is 14.4 Å². The average molecular weight is 433 g/mol. The van der Waals surface area contributed by atoms with Crippen molar-refractivity contribution in [1.29, 1.82) is 0 Å². The third kappa shape index (κ3) is 5.79. The predicted octanol–water partition coefficient (Wildman–Crippen LogP) is 3.39. The zero-order valence-electron chi connectivity index (χ0n) is 18.5. The molecule has 0 spiro atoms. The maximum atomic E-state index is 5.91. The first kappa shape index (κ1) is 21.7. The molecule has 0 unspecified atom stereocenters. The van der Waals surface area contributed by atoms with Crippen molar-refractivity contribution in [2.45, 2.75) is 20.3 Å². The summed E-state index contributed by atoms with van der Waals surface area (Å²) in [6.45, 7) is 7.39. The van der Waals surface area contributed by atoms with Crippen molar-refractivity contribution < 1.29 is 9.47 Å². The number of hydrogen-bond acceptors (Lipinski definition) is 8. The van der Waals surface area contributed by atoms with Crippen molar-refractivity contribution in [3.8, 4) is 6.01 Å². The Kier molecular flexibility index (Phi) is 7.24. The van der Waals surface area contributed by atoms with Crippen LogP contribution in [0.4, 0.5) is 11.6 Å². The van der Waals surface area contributed by atoms with Gasteiger partial charge in [-0.3, -0.25) is 10.4 Å². The van der Waals surface area contributed by atoms with E-state index in [1.54, 1.807) is 12.4 Å². The zero-order valence-corrected chi connectivity index (χ0v) is 18.5. The quantitative estimate of drug-likeness (QED) is 0.431. The lowest BCUT2D eigenvalue weighted by atomic mass is 10.2. The average Bonchev–Trinajstić information content (AvgIpc) is 2.82. The van der Waals surface area contributed by atoms with Crippen LogP contribution in [-0.4, -0.2) is 54.1 Å². The van der Waals surface area contributed by atoms with E-state index in [1.165, 1.54) is 5.56 Å². The van der Waals surface area contributed by atoms with Gasteiger partial charge in [-0.25, -0.2) is 0 Å². The first-order valence-corrected chi connectivity index (χ1v) is 10.8. The molecule has 1 aliphatic heterocycles. The van der Waals surface area contributed by atoms with Crippen LogP contribution in [0.2, 0.25) is 0 Å². The summed E-state index contributed by atoms with van der Waals surface area (Å²) in [6, 6.07) is 14.3. The number of pyridine rings is 1. The molecule has 0 bridgehead atoms. The fourth-order valence-electron chi connectivity index (χ4n) is 3.45. The molecule has 3 aromatic rings. The smallest absolute Gasteiger partial charge is 0.320 e.